The maximum atomic E-state index is 12.0. The van der Waals surface area contributed by atoms with Crippen molar-refractivity contribution >= 4 is 10.9 Å². The molecule has 0 aliphatic carbocycles. The Balaban J connectivity index is 2.22. The van der Waals surface area contributed by atoms with Crippen LogP contribution in [0.25, 0.3) is 22.2 Å². The van der Waals surface area contributed by atoms with E-state index >= 15 is 0 Å². The summed E-state index contributed by atoms with van der Waals surface area (Å²) in [6.45, 7) is 5.70. The van der Waals surface area contributed by atoms with E-state index in [1.54, 1.807) is 0 Å². The molecule has 0 aliphatic rings. The predicted octanol–water partition coefficient (Wildman–Crippen LogP) is 2.91. The van der Waals surface area contributed by atoms with E-state index in [2.05, 4.69) is 15.0 Å². The Morgan fingerprint density at radius 2 is 1.80 bits per heavy atom. The van der Waals surface area contributed by atoms with E-state index < -0.39 is 0 Å². The molecule has 0 bridgehead atoms. The summed E-state index contributed by atoms with van der Waals surface area (Å²) in [4.78, 5) is 23.7. The number of nitrogens with one attached hydrogen (secondary N) is 1. The van der Waals surface area contributed by atoms with Gasteiger partial charge in [0, 0.05) is 22.3 Å². The van der Waals surface area contributed by atoms with Gasteiger partial charge in [0.25, 0.3) is 5.56 Å². The van der Waals surface area contributed by atoms with E-state index in [1.165, 1.54) is 0 Å². The molecule has 0 radical (unpaired) electrons. The van der Waals surface area contributed by atoms with Gasteiger partial charge in [-0.3, -0.25) is 9.78 Å². The number of pyridine rings is 1. The number of fused-ring (bicyclic) bond motifs is 1. The number of hydrogen-bond donors (Lipinski definition) is 1. The fourth-order valence-corrected chi connectivity index (χ4v) is 2.19. The predicted molar refractivity (Wildman–Crippen MR) is 79.8 cm³/mol. The summed E-state index contributed by atoms with van der Waals surface area (Å²) in [5, 5.41) is 1.01. The zero-order valence-corrected chi connectivity index (χ0v) is 11.7. The number of hydrogen-bond acceptors (Lipinski definition) is 3. The first-order valence-corrected chi connectivity index (χ1v) is 6.50. The lowest BCUT2D eigenvalue weighted by Gasteiger charge is -2.05. The average Bonchev–Trinajstić information content (AvgIpc) is 2.42. The molecule has 3 aromatic rings. The van der Waals surface area contributed by atoms with E-state index in [4.69, 9.17) is 0 Å². The highest BCUT2D eigenvalue weighted by Gasteiger charge is 2.08. The summed E-state index contributed by atoms with van der Waals surface area (Å²) in [5.74, 6) is 0. The highest BCUT2D eigenvalue weighted by molar-refractivity contribution is 5.83. The first-order chi connectivity index (χ1) is 9.54. The third kappa shape index (κ3) is 2.09. The number of aromatic amines is 1. The Hall–Kier alpha value is -2.49. The lowest BCUT2D eigenvalue weighted by molar-refractivity contribution is 1.02. The average molecular weight is 265 g/mol. The number of benzene rings is 1. The van der Waals surface area contributed by atoms with Crippen LogP contribution in [0, 0.1) is 20.8 Å². The van der Waals surface area contributed by atoms with Gasteiger partial charge in [-0.05, 0) is 39.0 Å². The van der Waals surface area contributed by atoms with Crippen LogP contribution in [0.5, 0.6) is 0 Å². The minimum atomic E-state index is -0.160. The molecule has 0 saturated heterocycles. The van der Waals surface area contributed by atoms with Crippen LogP contribution in [0.1, 0.15) is 17.1 Å². The Morgan fingerprint density at radius 1 is 1.00 bits per heavy atom. The van der Waals surface area contributed by atoms with Gasteiger partial charge in [0.2, 0.25) is 0 Å². The summed E-state index contributed by atoms with van der Waals surface area (Å²) >= 11 is 0. The Morgan fingerprint density at radius 3 is 2.60 bits per heavy atom. The third-order valence-corrected chi connectivity index (χ3v) is 3.44. The molecule has 4 heteroatoms. The number of aromatic nitrogens is 3. The molecule has 100 valence electrons. The molecule has 1 aromatic carbocycles. The van der Waals surface area contributed by atoms with Gasteiger partial charge in [-0.2, -0.15) is 0 Å². The van der Waals surface area contributed by atoms with Gasteiger partial charge >= 0.3 is 0 Å². The summed E-state index contributed by atoms with van der Waals surface area (Å²) < 4.78 is 0. The molecule has 20 heavy (non-hydrogen) atoms. The Kier molecular flexibility index (Phi) is 2.86. The molecule has 0 unspecified atom stereocenters. The Labute approximate surface area is 116 Å². The second-order valence-electron chi connectivity index (χ2n) is 4.99. The van der Waals surface area contributed by atoms with Crippen LogP contribution in [0.2, 0.25) is 0 Å². The van der Waals surface area contributed by atoms with Crippen LogP contribution < -0.4 is 5.56 Å². The minimum Gasteiger partial charge on any atom is -0.323 e. The number of aryl methyl sites for hydroxylation is 3. The number of nitrogens with zero attached hydrogens (tertiary/aromatic N) is 2. The molecule has 0 amide bonds. The van der Waals surface area contributed by atoms with Gasteiger partial charge in [-0.1, -0.05) is 12.1 Å². The van der Waals surface area contributed by atoms with Crippen molar-refractivity contribution in [2.45, 2.75) is 20.8 Å². The van der Waals surface area contributed by atoms with Crippen molar-refractivity contribution < 1.29 is 0 Å². The molecule has 1 N–H and O–H groups in total. The van der Waals surface area contributed by atoms with E-state index in [1.807, 2.05) is 51.1 Å². The molecular weight excluding hydrogens is 250 g/mol. The van der Waals surface area contributed by atoms with Gasteiger partial charge < -0.3 is 4.98 Å². The van der Waals surface area contributed by atoms with Gasteiger partial charge in [0.15, 0.2) is 0 Å². The quantitative estimate of drug-likeness (QED) is 0.736. The molecule has 4 nitrogen and oxygen atoms in total. The molecule has 3 rings (SSSR count). The first kappa shape index (κ1) is 12.5. The lowest BCUT2D eigenvalue weighted by Crippen LogP contribution is -2.14. The van der Waals surface area contributed by atoms with Crippen LogP contribution in [0.4, 0.5) is 0 Å². The highest BCUT2D eigenvalue weighted by atomic mass is 16.1. The van der Waals surface area contributed by atoms with Crippen LogP contribution in [-0.4, -0.2) is 15.0 Å². The monoisotopic (exact) mass is 265 g/mol. The SMILES string of the molecule is Cc1ccc2cc(-c3nc(C)c(C)[nH]c3=O)ccc2n1. The van der Waals surface area contributed by atoms with Crippen LogP contribution in [0.15, 0.2) is 35.1 Å². The van der Waals surface area contributed by atoms with Crippen molar-refractivity contribution in [1.29, 1.82) is 0 Å². The molecule has 0 aliphatic heterocycles. The molecule has 0 saturated carbocycles. The lowest BCUT2D eigenvalue weighted by atomic mass is 10.1. The van der Waals surface area contributed by atoms with Crippen molar-refractivity contribution in [1.82, 2.24) is 15.0 Å². The zero-order valence-electron chi connectivity index (χ0n) is 11.7. The summed E-state index contributed by atoms with van der Waals surface area (Å²) in [5.41, 5.74) is 4.65. The van der Waals surface area contributed by atoms with E-state index in [0.29, 0.717) is 5.69 Å². The van der Waals surface area contributed by atoms with Gasteiger partial charge in [-0.25, -0.2) is 4.98 Å². The van der Waals surface area contributed by atoms with Crippen molar-refractivity contribution in [2.24, 2.45) is 0 Å². The largest absolute Gasteiger partial charge is 0.323 e. The molecular formula is C16H15N3O. The maximum absolute atomic E-state index is 12.0. The van der Waals surface area contributed by atoms with Crippen molar-refractivity contribution in [3.63, 3.8) is 0 Å². The second-order valence-corrected chi connectivity index (χ2v) is 4.99. The van der Waals surface area contributed by atoms with Crippen LogP contribution in [-0.2, 0) is 0 Å². The molecule has 0 spiro atoms. The molecule has 0 atom stereocenters. The minimum absolute atomic E-state index is 0.160. The molecule has 2 heterocycles. The first-order valence-electron chi connectivity index (χ1n) is 6.50. The van der Waals surface area contributed by atoms with E-state index in [9.17, 15) is 4.79 Å². The zero-order chi connectivity index (χ0) is 14.3. The van der Waals surface area contributed by atoms with E-state index in [-0.39, 0.29) is 5.56 Å². The fourth-order valence-electron chi connectivity index (χ4n) is 2.19. The van der Waals surface area contributed by atoms with Crippen molar-refractivity contribution in [3.8, 4) is 11.3 Å². The summed E-state index contributed by atoms with van der Waals surface area (Å²) in [7, 11) is 0. The molecule has 2 aromatic heterocycles. The normalized spacial score (nSPS) is 10.9. The van der Waals surface area contributed by atoms with Gasteiger partial charge in [0.05, 0.1) is 11.2 Å². The van der Waals surface area contributed by atoms with Crippen LogP contribution >= 0.6 is 0 Å². The van der Waals surface area contributed by atoms with Crippen LogP contribution in [0.3, 0.4) is 0 Å². The van der Waals surface area contributed by atoms with Gasteiger partial charge in [-0.15, -0.1) is 0 Å². The summed E-state index contributed by atoms with van der Waals surface area (Å²) in [6.07, 6.45) is 0. The van der Waals surface area contributed by atoms with Crippen molar-refractivity contribution in [3.05, 3.63) is 57.8 Å². The molecule has 0 fully saturated rings. The number of rotatable bonds is 1. The Bertz CT molecular complexity index is 865. The fraction of sp³-hybridized carbons (Fsp3) is 0.188. The van der Waals surface area contributed by atoms with E-state index in [0.717, 1.165) is 33.5 Å². The topological polar surface area (TPSA) is 58.6 Å². The third-order valence-electron chi connectivity index (χ3n) is 3.44. The second kappa shape index (κ2) is 4.56. The standard InChI is InChI=1S/C16H15N3O/c1-9-4-5-12-8-13(6-7-14(12)17-9)15-16(20)19-11(3)10(2)18-15/h4-8H,1-3H3,(H,19,20). The maximum Gasteiger partial charge on any atom is 0.274 e. The summed E-state index contributed by atoms with van der Waals surface area (Å²) in [6, 6.07) is 9.74. The highest BCUT2D eigenvalue weighted by Crippen LogP contribution is 2.20. The number of H-pyrrole nitrogens is 1. The van der Waals surface area contributed by atoms with Gasteiger partial charge in [0.1, 0.15) is 5.69 Å². The smallest absolute Gasteiger partial charge is 0.274 e. The van der Waals surface area contributed by atoms with Crippen molar-refractivity contribution in [2.75, 3.05) is 0 Å².